The van der Waals surface area contributed by atoms with Crippen LogP contribution >= 0.6 is 0 Å². The standard InChI is InChI=1S/C15H13FN2O/c1-18(14-4-2-3-11(6-14)9-17)15-7-12(10-19)5-13(16)8-15/h2-8,19H,10H2,1H3. The fourth-order valence-corrected chi connectivity index (χ4v) is 1.85. The lowest BCUT2D eigenvalue weighted by Gasteiger charge is -2.20. The first kappa shape index (κ1) is 13.1. The zero-order valence-corrected chi connectivity index (χ0v) is 10.5. The molecule has 0 radical (unpaired) electrons. The topological polar surface area (TPSA) is 47.3 Å². The van der Waals surface area contributed by atoms with Crippen molar-refractivity contribution in [3.63, 3.8) is 0 Å². The van der Waals surface area contributed by atoms with Crippen molar-refractivity contribution >= 4 is 11.4 Å². The lowest BCUT2D eigenvalue weighted by molar-refractivity contribution is 0.281. The van der Waals surface area contributed by atoms with Gasteiger partial charge in [0.15, 0.2) is 0 Å². The van der Waals surface area contributed by atoms with Gasteiger partial charge in [0.2, 0.25) is 0 Å². The SMILES string of the molecule is CN(c1cccc(C#N)c1)c1cc(F)cc(CO)c1. The maximum Gasteiger partial charge on any atom is 0.125 e. The van der Waals surface area contributed by atoms with Gasteiger partial charge in [-0.05, 0) is 42.0 Å². The number of benzene rings is 2. The van der Waals surface area contributed by atoms with E-state index in [-0.39, 0.29) is 6.61 Å². The van der Waals surface area contributed by atoms with Gasteiger partial charge in [-0.1, -0.05) is 6.07 Å². The van der Waals surface area contributed by atoms with E-state index in [4.69, 9.17) is 10.4 Å². The van der Waals surface area contributed by atoms with Crippen LogP contribution in [-0.4, -0.2) is 12.2 Å². The van der Waals surface area contributed by atoms with Crippen LogP contribution in [0.4, 0.5) is 15.8 Å². The molecule has 0 bridgehead atoms. The van der Waals surface area contributed by atoms with E-state index < -0.39 is 5.82 Å². The number of hydrogen-bond donors (Lipinski definition) is 1. The Bertz CT molecular complexity index is 634. The van der Waals surface area contributed by atoms with Crippen molar-refractivity contribution in [3.05, 3.63) is 59.4 Å². The van der Waals surface area contributed by atoms with Gasteiger partial charge in [0.05, 0.1) is 18.2 Å². The van der Waals surface area contributed by atoms with Crippen molar-refractivity contribution < 1.29 is 9.50 Å². The summed E-state index contributed by atoms with van der Waals surface area (Å²) in [6, 6.07) is 13.5. The van der Waals surface area contributed by atoms with Gasteiger partial charge >= 0.3 is 0 Å². The molecule has 0 unspecified atom stereocenters. The maximum atomic E-state index is 13.4. The molecule has 1 N–H and O–H groups in total. The zero-order valence-electron chi connectivity index (χ0n) is 10.5. The molecule has 0 fully saturated rings. The van der Waals surface area contributed by atoms with E-state index in [0.29, 0.717) is 16.8 Å². The third kappa shape index (κ3) is 2.90. The molecule has 0 heterocycles. The van der Waals surface area contributed by atoms with Crippen molar-refractivity contribution in [1.29, 1.82) is 5.26 Å². The van der Waals surface area contributed by atoms with Crippen molar-refractivity contribution in [2.24, 2.45) is 0 Å². The predicted octanol–water partition coefficient (Wildman–Crippen LogP) is 2.96. The summed E-state index contributed by atoms with van der Waals surface area (Å²) < 4.78 is 13.4. The van der Waals surface area contributed by atoms with Gasteiger partial charge in [-0.2, -0.15) is 5.26 Å². The first-order chi connectivity index (χ1) is 9.13. The molecule has 0 saturated heterocycles. The van der Waals surface area contributed by atoms with Crippen LogP contribution in [0, 0.1) is 17.1 Å². The van der Waals surface area contributed by atoms with E-state index in [1.807, 2.05) is 6.07 Å². The summed E-state index contributed by atoms with van der Waals surface area (Å²) in [6.07, 6.45) is 0. The lowest BCUT2D eigenvalue weighted by Crippen LogP contribution is -2.10. The molecular weight excluding hydrogens is 243 g/mol. The van der Waals surface area contributed by atoms with E-state index in [1.165, 1.54) is 12.1 Å². The second-order valence-corrected chi connectivity index (χ2v) is 4.20. The van der Waals surface area contributed by atoms with Gasteiger partial charge in [0, 0.05) is 18.4 Å². The summed E-state index contributed by atoms with van der Waals surface area (Å²) in [7, 11) is 1.78. The Balaban J connectivity index is 2.40. The Morgan fingerprint density at radius 1 is 1.21 bits per heavy atom. The normalized spacial score (nSPS) is 10.0. The summed E-state index contributed by atoms with van der Waals surface area (Å²) in [5, 5.41) is 18.0. The van der Waals surface area contributed by atoms with Crippen LogP contribution in [0.2, 0.25) is 0 Å². The van der Waals surface area contributed by atoms with Crippen LogP contribution in [0.25, 0.3) is 0 Å². The lowest BCUT2D eigenvalue weighted by atomic mass is 10.1. The predicted molar refractivity (Wildman–Crippen MR) is 71.5 cm³/mol. The minimum atomic E-state index is -0.398. The molecule has 19 heavy (non-hydrogen) atoms. The summed E-state index contributed by atoms with van der Waals surface area (Å²) >= 11 is 0. The van der Waals surface area contributed by atoms with E-state index in [1.54, 1.807) is 36.2 Å². The number of nitrogens with zero attached hydrogens (tertiary/aromatic N) is 2. The smallest absolute Gasteiger partial charge is 0.125 e. The average Bonchev–Trinajstić information content (AvgIpc) is 2.45. The average molecular weight is 256 g/mol. The van der Waals surface area contributed by atoms with Crippen LogP contribution in [0.5, 0.6) is 0 Å². The fraction of sp³-hybridized carbons (Fsp3) is 0.133. The van der Waals surface area contributed by atoms with Gasteiger partial charge in [0.25, 0.3) is 0 Å². The van der Waals surface area contributed by atoms with E-state index in [0.717, 1.165) is 5.69 Å². The Labute approximate surface area is 111 Å². The minimum absolute atomic E-state index is 0.211. The highest BCUT2D eigenvalue weighted by atomic mass is 19.1. The van der Waals surface area contributed by atoms with E-state index >= 15 is 0 Å². The molecule has 96 valence electrons. The second kappa shape index (κ2) is 5.51. The Morgan fingerprint density at radius 2 is 2.00 bits per heavy atom. The summed E-state index contributed by atoms with van der Waals surface area (Å²) in [4.78, 5) is 1.77. The summed E-state index contributed by atoms with van der Waals surface area (Å²) in [5.41, 5.74) is 2.47. The molecular formula is C15H13FN2O. The molecule has 0 saturated carbocycles. The number of rotatable bonds is 3. The Hall–Kier alpha value is -2.38. The molecule has 0 spiro atoms. The largest absolute Gasteiger partial charge is 0.392 e. The van der Waals surface area contributed by atoms with Gasteiger partial charge in [-0.3, -0.25) is 0 Å². The van der Waals surface area contributed by atoms with Crippen LogP contribution < -0.4 is 4.90 Å². The Morgan fingerprint density at radius 3 is 2.68 bits per heavy atom. The molecule has 0 aliphatic heterocycles. The number of halogens is 1. The third-order valence-corrected chi connectivity index (χ3v) is 2.87. The first-order valence-corrected chi connectivity index (χ1v) is 5.78. The van der Waals surface area contributed by atoms with Crippen molar-refractivity contribution in [3.8, 4) is 6.07 Å². The molecule has 3 nitrogen and oxygen atoms in total. The third-order valence-electron chi connectivity index (χ3n) is 2.87. The van der Waals surface area contributed by atoms with Gasteiger partial charge < -0.3 is 10.0 Å². The van der Waals surface area contributed by atoms with Crippen LogP contribution in [0.15, 0.2) is 42.5 Å². The monoisotopic (exact) mass is 256 g/mol. The first-order valence-electron chi connectivity index (χ1n) is 5.78. The molecule has 0 atom stereocenters. The van der Waals surface area contributed by atoms with Crippen molar-refractivity contribution in [2.45, 2.75) is 6.61 Å². The highest BCUT2D eigenvalue weighted by Gasteiger charge is 2.07. The van der Waals surface area contributed by atoms with Gasteiger partial charge in [0.1, 0.15) is 5.82 Å². The van der Waals surface area contributed by atoms with E-state index in [9.17, 15) is 4.39 Å². The van der Waals surface area contributed by atoms with Gasteiger partial charge in [-0.15, -0.1) is 0 Å². The van der Waals surface area contributed by atoms with Crippen molar-refractivity contribution in [1.82, 2.24) is 0 Å². The summed E-state index contributed by atoms with van der Waals surface area (Å²) in [6.45, 7) is -0.211. The molecule has 2 aromatic carbocycles. The zero-order chi connectivity index (χ0) is 13.8. The van der Waals surface area contributed by atoms with Crippen LogP contribution in [-0.2, 0) is 6.61 Å². The molecule has 0 aliphatic carbocycles. The van der Waals surface area contributed by atoms with E-state index in [2.05, 4.69) is 6.07 Å². The minimum Gasteiger partial charge on any atom is -0.392 e. The quantitative estimate of drug-likeness (QED) is 0.918. The molecule has 4 heteroatoms. The molecule has 0 aliphatic rings. The number of nitriles is 1. The second-order valence-electron chi connectivity index (χ2n) is 4.20. The summed E-state index contributed by atoms with van der Waals surface area (Å²) in [5.74, 6) is -0.398. The number of aliphatic hydroxyl groups excluding tert-OH is 1. The molecule has 2 aromatic rings. The molecule has 0 aromatic heterocycles. The highest BCUT2D eigenvalue weighted by Crippen LogP contribution is 2.26. The Kier molecular flexibility index (Phi) is 3.79. The number of hydrogen-bond acceptors (Lipinski definition) is 3. The maximum absolute atomic E-state index is 13.4. The van der Waals surface area contributed by atoms with Crippen molar-refractivity contribution in [2.75, 3.05) is 11.9 Å². The highest BCUT2D eigenvalue weighted by molar-refractivity contribution is 5.64. The van der Waals surface area contributed by atoms with Crippen LogP contribution in [0.1, 0.15) is 11.1 Å². The van der Waals surface area contributed by atoms with Crippen LogP contribution in [0.3, 0.4) is 0 Å². The molecule has 2 rings (SSSR count). The fourth-order valence-electron chi connectivity index (χ4n) is 1.85. The number of anilines is 2. The van der Waals surface area contributed by atoms with Gasteiger partial charge in [-0.25, -0.2) is 4.39 Å². The number of aliphatic hydroxyl groups is 1. The molecule has 0 amide bonds.